The fraction of sp³-hybridized carbons (Fsp3) is 0.750. The number of nitrogens with one attached hydrogen (secondary N) is 1. The standard InChI is InChI=1S/C8H13NO4/c1-4(10)8-6(9-5(2)11)3-7(12)13-8/h4,6,8,10H,3H2,1-2H3,(H,9,11). The molecule has 0 aromatic rings. The van der Waals surface area contributed by atoms with Crippen LogP contribution in [0.15, 0.2) is 0 Å². The van der Waals surface area contributed by atoms with Crippen molar-refractivity contribution in [1.29, 1.82) is 0 Å². The van der Waals surface area contributed by atoms with Gasteiger partial charge in [0.25, 0.3) is 0 Å². The van der Waals surface area contributed by atoms with Crippen LogP contribution in [0.3, 0.4) is 0 Å². The first-order valence-electron chi connectivity index (χ1n) is 4.15. The van der Waals surface area contributed by atoms with E-state index in [-0.39, 0.29) is 18.3 Å². The summed E-state index contributed by atoms with van der Waals surface area (Å²) in [6.45, 7) is 2.89. The van der Waals surface area contributed by atoms with Crippen LogP contribution in [-0.4, -0.2) is 35.2 Å². The van der Waals surface area contributed by atoms with Crippen molar-refractivity contribution in [3.63, 3.8) is 0 Å². The normalized spacial score (nSPS) is 29.6. The minimum Gasteiger partial charge on any atom is -0.457 e. The van der Waals surface area contributed by atoms with Crippen molar-refractivity contribution in [2.45, 2.75) is 38.5 Å². The highest BCUT2D eigenvalue weighted by Crippen LogP contribution is 2.17. The molecule has 0 spiro atoms. The Balaban J connectivity index is 2.60. The summed E-state index contributed by atoms with van der Waals surface area (Å²) in [5.74, 6) is -0.612. The lowest BCUT2D eigenvalue weighted by Crippen LogP contribution is -2.44. The summed E-state index contributed by atoms with van der Waals surface area (Å²) in [7, 11) is 0. The van der Waals surface area contributed by atoms with Crippen LogP contribution in [0.25, 0.3) is 0 Å². The number of ether oxygens (including phenoxy) is 1. The SMILES string of the molecule is CC(=O)NC1CC(=O)OC1C(C)O. The topological polar surface area (TPSA) is 75.6 Å². The number of carbonyl (C=O) groups excluding carboxylic acids is 2. The summed E-state index contributed by atoms with van der Waals surface area (Å²) in [6.07, 6.45) is -1.24. The minimum absolute atomic E-state index is 0.134. The van der Waals surface area contributed by atoms with E-state index in [0.717, 1.165) is 0 Å². The lowest BCUT2D eigenvalue weighted by atomic mass is 10.1. The number of aliphatic hydroxyl groups excluding tert-OH is 1. The maximum atomic E-state index is 10.9. The molecule has 13 heavy (non-hydrogen) atoms. The third-order valence-electron chi connectivity index (χ3n) is 1.91. The number of amides is 1. The van der Waals surface area contributed by atoms with Gasteiger partial charge in [0, 0.05) is 6.92 Å². The lowest BCUT2D eigenvalue weighted by Gasteiger charge is -2.20. The zero-order valence-corrected chi connectivity index (χ0v) is 7.61. The van der Waals surface area contributed by atoms with Crippen LogP contribution in [0, 0.1) is 0 Å². The first-order valence-corrected chi connectivity index (χ1v) is 4.15. The summed E-state index contributed by atoms with van der Waals surface area (Å²) in [5, 5.41) is 11.8. The number of rotatable bonds is 2. The van der Waals surface area contributed by atoms with Gasteiger partial charge in [0.15, 0.2) is 0 Å². The largest absolute Gasteiger partial charge is 0.457 e. The van der Waals surface area contributed by atoms with E-state index in [4.69, 9.17) is 4.74 Å². The molecule has 1 heterocycles. The molecule has 2 N–H and O–H groups in total. The van der Waals surface area contributed by atoms with Gasteiger partial charge in [0.05, 0.1) is 18.6 Å². The monoisotopic (exact) mass is 187 g/mol. The molecule has 5 heteroatoms. The van der Waals surface area contributed by atoms with E-state index in [1.165, 1.54) is 13.8 Å². The Bertz CT molecular complexity index is 226. The van der Waals surface area contributed by atoms with E-state index < -0.39 is 18.2 Å². The molecular formula is C8H13NO4. The van der Waals surface area contributed by atoms with E-state index in [1.807, 2.05) is 0 Å². The summed E-state index contributed by atoms with van der Waals surface area (Å²) in [5.41, 5.74) is 0. The van der Waals surface area contributed by atoms with E-state index in [9.17, 15) is 14.7 Å². The second-order valence-corrected chi connectivity index (χ2v) is 3.21. The van der Waals surface area contributed by atoms with Crippen LogP contribution in [0.1, 0.15) is 20.3 Å². The quantitative estimate of drug-likeness (QED) is 0.554. The van der Waals surface area contributed by atoms with Crippen molar-refractivity contribution in [3.8, 4) is 0 Å². The molecule has 1 aliphatic rings. The zero-order chi connectivity index (χ0) is 10.0. The van der Waals surface area contributed by atoms with Crippen molar-refractivity contribution < 1.29 is 19.4 Å². The van der Waals surface area contributed by atoms with Gasteiger partial charge < -0.3 is 15.2 Å². The second-order valence-electron chi connectivity index (χ2n) is 3.21. The molecule has 0 aromatic carbocycles. The summed E-state index contributed by atoms with van der Waals surface area (Å²) < 4.78 is 4.83. The Labute approximate surface area is 76.1 Å². The van der Waals surface area contributed by atoms with Gasteiger partial charge >= 0.3 is 5.97 Å². The highest BCUT2D eigenvalue weighted by Gasteiger charge is 2.38. The average molecular weight is 187 g/mol. The molecule has 0 aliphatic carbocycles. The molecule has 3 unspecified atom stereocenters. The van der Waals surface area contributed by atoms with Crippen LogP contribution >= 0.6 is 0 Å². The molecule has 5 nitrogen and oxygen atoms in total. The number of hydrogen-bond acceptors (Lipinski definition) is 4. The summed E-state index contributed by atoms with van der Waals surface area (Å²) in [6, 6.07) is -0.398. The van der Waals surface area contributed by atoms with E-state index in [2.05, 4.69) is 5.32 Å². The molecule has 1 aliphatic heterocycles. The maximum absolute atomic E-state index is 10.9. The molecule has 1 rings (SSSR count). The molecule has 0 saturated carbocycles. The lowest BCUT2D eigenvalue weighted by molar-refractivity contribution is -0.145. The van der Waals surface area contributed by atoms with Crippen LogP contribution < -0.4 is 5.32 Å². The first kappa shape index (κ1) is 9.98. The Morgan fingerprint density at radius 1 is 1.77 bits per heavy atom. The summed E-state index contributed by atoms with van der Waals surface area (Å²) in [4.78, 5) is 21.6. The molecule has 1 fully saturated rings. The maximum Gasteiger partial charge on any atom is 0.308 e. The summed E-state index contributed by atoms with van der Waals surface area (Å²) >= 11 is 0. The molecule has 74 valence electrons. The Hall–Kier alpha value is -1.10. The van der Waals surface area contributed by atoms with Crippen molar-refractivity contribution in [2.75, 3.05) is 0 Å². The smallest absolute Gasteiger partial charge is 0.308 e. The fourth-order valence-electron chi connectivity index (χ4n) is 1.41. The predicted molar refractivity (Wildman–Crippen MR) is 43.8 cm³/mol. The third kappa shape index (κ3) is 2.42. The number of cyclic esters (lactones) is 1. The molecule has 0 aromatic heterocycles. The molecule has 0 bridgehead atoms. The molecule has 1 amide bonds. The molecular weight excluding hydrogens is 174 g/mol. The van der Waals surface area contributed by atoms with E-state index in [1.54, 1.807) is 0 Å². The third-order valence-corrected chi connectivity index (χ3v) is 1.91. The number of carbonyl (C=O) groups is 2. The Kier molecular flexibility index (Phi) is 2.87. The van der Waals surface area contributed by atoms with E-state index in [0.29, 0.717) is 0 Å². The van der Waals surface area contributed by atoms with Gasteiger partial charge in [-0.3, -0.25) is 9.59 Å². The van der Waals surface area contributed by atoms with Gasteiger partial charge in [0.2, 0.25) is 5.91 Å². The highest BCUT2D eigenvalue weighted by atomic mass is 16.6. The van der Waals surface area contributed by atoms with Gasteiger partial charge in [-0.25, -0.2) is 0 Å². The van der Waals surface area contributed by atoms with Crippen molar-refractivity contribution in [3.05, 3.63) is 0 Å². The Morgan fingerprint density at radius 2 is 2.38 bits per heavy atom. The van der Waals surface area contributed by atoms with Gasteiger partial charge in [-0.05, 0) is 6.92 Å². The van der Waals surface area contributed by atoms with Crippen molar-refractivity contribution >= 4 is 11.9 Å². The van der Waals surface area contributed by atoms with Gasteiger partial charge in [-0.2, -0.15) is 0 Å². The number of aliphatic hydroxyl groups is 1. The molecule has 1 saturated heterocycles. The predicted octanol–water partition coefficient (Wildman–Crippen LogP) is -0.813. The Morgan fingerprint density at radius 3 is 2.85 bits per heavy atom. The van der Waals surface area contributed by atoms with Gasteiger partial charge in [-0.1, -0.05) is 0 Å². The second kappa shape index (κ2) is 3.74. The van der Waals surface area contributed by atoms with Crippen LogP contribution in [0.4, 0.5) is 0 Å². The van der Waals surface area contributed by atoms with Gasteiger partial charge in [-0.15, -0.1) is 0 Å². The van der Waals surface area contributed by atoms with E-state index >= 15 is 0 Å². The number of hydrogen-bond donors (Lipinski definition) is 2. The highest BCUT2D eigenvalue weighted by molar-refractivity contribution is 5.77. The average Bonchev–Trinajstić information content (AvgIpc) is 2.29. The van der Waals surface area contributed by atoms with Crippen LogP contribution in [0.5, 0.6) is 0 Å². The zero-order valence-electron chi connectivity index (χ0n) is 7.61. The van der Waals surface area contributed by atoms with Crippen LogP contribution in [0.2, 0.25) is 0 Å². The molecule has 3 atom stereocenters. The van der Waals surface area contributed by atoms with Gasteiger partial charge in [0.1, 0.15) is 6.10 Å². The molecule has 0 radical (unpaired) electrons. The fourth-order valence-corrected chi connectivity index (χ4v) is 1.41. The van der Waals surface area contributed by atoms with Crippen LogP contribution in [-0.2, 0) is 14.3 Å². The minimum atomic E-state index is -0.761. The van der Waals surface area contributed by atoms with Crippen molar-refractivity contribution in [1.82, 2.24) is 5.32 Å². The number of esters is 1. The van der Waals surface area contributed by atoms with Crippen molar-refractivity contribution in [2.24, 2.45) is 0 Å². The first-order chi connectivity index (χ1) is 6.00.